The highest BCUT2D eigenvalue weighted by Crippen LogP contribution is 2.15. The average molecular weight is 280 g/mol. The first kappa shape index (κ1) is 14.8. The van der Waals surface area contributed by atoms with E-state index in [1.54, 1.807) is 24.3 Å². The van der Waals surface area contributed by atoms with Crippen LogP contribution in [0.15, 0.2) is 24.3 Å². The second-order valence-electron chi connectivity index (χ2n) is 4.53. The van der Waals surface area contributed by atoms with Crippen molar-refractivity contribution in [1.29, 1.82) is 0 Å². The Morgan fingerprint density at radius 2 is 2.25 bits per heavy atom. The topological polar surface area (TPSA) is 54.0 Å². The van der Waals surface area contributed by atoms with Crippen molar-refractivity contribution in [1.82, 2.24) is 0 Å². The van der Waals surface area contributed by atoms with Gasteiger partial charge in [-0.15, -0.1) is 0 Å². The SMILES string of the molecule is COC(=O)c1cccc(OCCOC2CCCCO2)c1. The maximum absolute atomic E-state index is 11.4. The zero-order chi connectivity index (χ0) is 14.2. The van der Waals surface area contributed by atoms with Gasteiger partial charge in [-0.25, -0.2) is 4.79 Å². The van der Waals surface area contributed by atoms with Crippen molar-refractivity contribution >= 4 is 5.97 Å². The van der Waals surface area contributed by atoms with Crippen molar-refractivity contribution in [2.45, 2.75) is 25.6 Å². The zero-order valence-corrected chi connectivity index (χ0v) is 11.7. The van der Waals surface area contributed by atoms with Crippen LogP contribution in [-0.4, -0.2) is 39.2 Å². The van der Waals surface area contributed by atoms with Gasteiger partial charge >= 0.3 is 5.97 Å². The molecule has 5 nitrogen and oxygen atoms in total. The third-order valence-corrected chi connectivity index (χ3v) is 3.05. The molecule has 0 amide bonds. The molecule has 0 saturated carbocycles. The smallest absolute Gasteiger partial charge is 0.337 e. The van der Waals surface area contributed by atoms with Crippen LogP contribution >= 0.6 is 0 Å². The first-order chi connectivity index (χ1) is 9.79. The largest absolute Gasteiger partial charge is 0.491 e. The molecule has 5 heteroatoms. The van der Waals surface area contributed by atoms with Gasteiger partial charge in [0.05, 0.1) is 19.3 Å². The van der Waals surface area contributed by atoms with E-state index >= 15 is 0 Å². The van der Waals surface area contributed by atoms with Crippen molar-refractivity contribution in [2.24, 2.45) is 0 Å². The average Bonchev–Trinajstić information content (AvgIpc) is 2.52. The van der Waals surface area contributed by atoms with Crippen LogP contribution in [0, 0.1) is 0 Å². The molecule has 0 aromatic heterocycles. The molecule has 1 saturated heterocycles. The number of carbonyl (C=O) groups is 1. The summed E-state index contributed by atoms with van der Waals surface area (Å²) in [4.78, 5) is 11.4. The molecule has 1 unspecified atom stereocenters. The summed E-state index contributed by atoms with van der Waals surface area (Å²) in [6.45, 7) is 1.66. The van der Waals surface area contributed by atoms with Gasteiger partial charge in [-0.05, 0) is 37.5 Å². The Hall–Kier alpha value is -1.59. The summed E-state index contributed by atoms with van der Waals surface area (Å²) < 4.78 is 21.2. The standard InChI is InChI=1S/C15H20O5/c1-17-15(16)12-5-4-6-13(11-12)18-9-10-20-14-7-2-3-8-19-14/h4-6,11,14H,2-3,7-10H2,1H3. The third-order valence-electron chi connectivity index (χ3n) is 3.05. The molecule has 1 aromatic carbocycles. The van der Waals surface area contributed by atoms with Crippen molar-refractivity contribution in [3.8, 4) is 5.75 Å². The lowest BCUT2D eigenvalue weighted by atomic mass is 10.2. The van der Waals surface area contributed by atoms with Crippen molar-refractivity contribution in [2.75, 3.05) is 26.9 Å². The van der Waals surface area contributed by atoms with Gasteiger partial charge in [-0.1, -0.05) is 6.07 Å². The molecule has 2 rings (SSSR count). The minimum Gasteiger partial charge on any atom is -0.491 e. The maximum Gasteiger partial charge on any atom is 0.337 e. The summed E-state index contributed by atoms with van der Waals surface area (Å²) in [7, 11) is 1.36. The second kappa shape index (κ2) is 7.87. The van der Waals surface area contributed by atoms with E-state index in [9.17, 15) is 4.79 Å². The van der Waals surface area contributed by atoms with Crippen LogP contribution in [0.5, 0.6) is 5.75 Å². The van der Waals surface area contributed by atoms with E-state index in [1.165, 1.54) is 7.11 Å². The highest BCUT2D eigenvalue weighted by molar-refractivity contribution is 5.89. The van der Waals surface area contributed by atoms with Crippen molar-refractivity contribution < 1.29 is 23.7 Å². The minimum absolute atomic E-state index is 0.103. The van der Waals surface area contributed by atoms with E-state index in [-0.39, 0.29) is 12.3 Å². The van der Waals surface area contributed by atoms with Gasteiger partial charge in [0.25, 0.3) is 0 Å². The van der Waals surface area contributed by atoms with E-state index < -0.39 is 0 Å². The molecule has 0 spiro atoms. The van der Waals surface area contributed by atoms with Crippen LogP contribution in [0.1, 0.15) is 29.6 Å². The fraction of sp³-hybridized carbons (Fsp3) is 0.533. The van der Waals surface area contributed by atoms with Crippen LogP contribution in [0.4, 0.5) is 0 Å². The molecule has 0 radical (unpaired) electrons. The molecule has 110 valence electrons. The summed E-state index contributed by atoms with van der Waals surface area (Å²) in [5, 5.41) is 0. The van der Waals surface area contributed by atoms with Gasteiger partial charge in [-0.3, -0.25) is 0 Å². The summed E-state index contributed by atoms with van der Waals surface area (Å²) in [5.74, 6) is 0.253. The third kappa shape index (κ3) is 4.51. The van der Waals surface area contributed by atoms with E-state index in [2.05, 4.69) is 4.74 Å². The molecule has 0 aliphatic carbocycles. The van der Waals surface area contributed by atoms with Gasteiger partial charge in [-0.2, -0.15) is 0 Å². The Kier molecular flexibility index (Phi) is 5.83. The van der Waals surface area contributed by atoms with Gasteiger partial charge in [0, 0.05) is 6.61 Å². The Morgan fingerprint density at radius 3 is 3.00 bits per heavy atom. The lowest BCUT2D eigenvalue weighted by Crippen LogP contribution is -2.24. The van der Waals surface area contributed by atoms with E-state index in [0.29, 0.717) is 24.5 Å². The highest BCUT2D eigenvalue weighted by atomic mass is 16.7. The Morgan fingerprint density at radius 1 is 1.35 bits per heavy atom. The van der Waals surface area contributed by atoms with Crippen LogP contribution in [0.25, 0.3) is 0 Å². The monoisotopic (exact) mass is 280 g/mol. The van der Waals surface area contributed by atoms with E-state index in [0.717, 1.165) is 25.9 Å². The van der Waals surface area contributed by atoms with Gasteiger partial charge < -0.3 is 18.9 Å². The highest BCUT2D eigenvalue weighted by Gasteiger charge is 2.13. The predicted octanol–water partition coefficient (Wildman–Crippen LogP) is 2.40. The lowest BCUT2D eigenvalue weighted by molar-refractivity contribution is -0.165. The normalized spacial score (nSPS) is 18.6. The molecule has 0 bridgehead atoms. The molecule has 1 atom stereocenters. The van der Waals surface area contributed by atoms with Gasteiger partial charge in [0.2, 0.25) is 0 Å². The number of hydrogen-bond acceptors (Lipinski definition) is 5. The Labute approximate surface area is 118 Å². The Bertz CT molecular complexity index is 426. The van der Waals surface area contributed by atoms with Crippen LogP contribution in [-0.2, 0) is 14.2 Å². The fourth-order valence-electron chi connectivity index (χ4n) is 2.01. The first-order valence-corrected chi connectivity index (χ1v) is 6.84. The number of rotatable bonds is 6. The molecule has 1 aliphatic rings. The number of benzene rings is 1. The molecular weight excluding hydrogens is 260 g/mol. The van der Waals surface area contributed by atoms with Crippen molar-refractivity contribution in [3.63, 3.8) is 0 Å². The number of methoxy groups -OCH3 is 1. The molecule has 1 heterocycles. The summed E-state index contributed by atoms with van der Waals surface area (Å²) in [6, 6.07) is 6.89. The summed E-state index contributed by atoms with van der Waals surface area (Å²) in [6.07, 6.45) is 3.09. The van der Waals surface area contributed by atoms with Crippen LogP contribution in [0.3, 0.4) is 0 Å². The Balaban J connectivity index is 1.72. The van der Waals surface area contributed by atoms with Gasteiger partial charge in [0.15, 0.2) is 6.29 Å². The van der Waals surface area contributed by atoms with Crippen LogP contribution in [0.2, 0.25) is 0 Å². The molecule has 1 fully saturated rings. The van der Waals surface area contributed by atoms with Crippen LogP contribution < -0.4 is 4.74 Å². The second-order valence-corrected chi connectivity index (χ2v) is 4.53. The van der Waals surface area contributed by atoms with E-state index in [4.69, 9.17) is 14.2 Å². The molecule has 1 aliphatic heterocycles. The molecule has 20 heavy (non-hydrogen) atoms. The number of ether oxygens (including phenoxy) is 4. The zero-order valence-electron chi connectivity index (χ0n) is 11.7. The number of hydrogen-bond donors (Lipinski definition) is 0. The number of carbonyl (C=O) groups excluding carboxylic acids is 1. The molecule has 0 N–H and O–H groups in total. The fourth-order valence-corrected chi connectivity index (χ4v) is 2.01. The van der Waals surface area contributed by atoms with Crippen molar-refractivity contribution in [3.05, 3.63) is 29.8 Å². The summed E-state index contributed by atoms with van der Waals surface area (Å²) >= 11 is 0. The molecular formula is C15H20O5. The first-order valence-electron chi connectivity index (χ1n) is 6.84. The number of esters is 1. The molecule has 1 aromatic rings. The minimum atomic E-state index is -0.373. The maximum atomic E-state index is 11.4. The lowest BCUT2D eigenvalue weighted by Gasteiger charge is -2.22. The predicted molar refractivity (Wildman–Crippen MR) is 72.8 cm³/mol. The summed E-state index contributed by atoms with van der Waals surface area (Å²) in [5.41, 5.74) is 0.474. The van der Waals surface area contributed by atoms with E-state index in [1.807, 2.05) is 0 Å². The quantitative estimate of drug-likeness (QED) is 0.591. The van der Waals surface area contributed by atoms with Gasteiger partial charge in [0.1, 0.15) is 12.4 Å².